The van der Waals surface area contributed by atoms with Crippen LogP contribution in [0, 0.1) is 18.8 Å². The minimum absolute atomic E-state index is 0.183. The van der Waals surface area contributed by atoms with Crippen LogP contribution in [0.25, 0.3) is 0 Å². The zero-order valence-corrected chi connectivity index (χ0v) is 15.0. The van der Waals surface area contributed by atoms with E-state index in [1.54, 1.807) is 0 Å². The molecule has 3 rings (SSSR count). The number of piperidine rings is 1. The van der Waals surface area contributed by atoms with Crippen molar-refractivity contribution in [2.45, 2.75) is 45.9 Å². The number of nitrogens with one attached hydrogen (secondary N) is 1. The van der Waals surface area contributed by atoms with E-state index in [0.29, 0.717) is 17.9 Å². The largest absolute Gasteiger partial charge is 0.444 e. The molecule has 1 saturated carbocycles. The molecular formula is C18H25ClN2O2. The average Bonchev–Trinajstić information content (AvgIpc) is 2.88. The first-order valence-corrected chi connectivity index (χ1v) is 8.59. The molecule has 0 radical (unpaired) electrons. The number of likely N-dealkylation sites (tertiary alicyclic amines) is 1. The second-order valence-corrected chi connectivity index (χ2v) is 8.13. The standard InChI is InChI=1S/C18H25ClN2O2/c1-11-7-13(19)6-5-12(11)8-20-16-14-9-21(10-15(14)16)17(22)23-18(2,3)4/h5-7,14-16,20H,8-10H2,1-4H3. The van der Waals surface area contributed by atoms with Gasteiger partial charge < -0.3 is 15.0 Å². The van der Waals surface area contributed by atoms with Gasteiger partial charge in [-0.2, -0.15) is 0 Å². The first-order valence-electron chi connectivity index (χ1n) is 8.21. The molecule has 5 heteroatoms. The van der Waals surface area contributed by atoms with Crippen LogP contribution in [0.4, 0.5) is 4.79 Å². The molecule has 2 atom stereocenters. The Bertz CT molecular complexity index is 600. The van der Waals surface area contributed by atoms with Crippen LogP contribution in [0.5, 0.6) is 0 Å². The van der Waals surface area contributed by atoms with Gasteiger partial charge in [-0.3, -0.25) is 0 Å². The zero-order valence-electron chi connectivity index (χ0n) is 14.2. The lowest BCUT2D eigenvalue weighted by atomic mass is 10.1. The van der Waals surface area contributed by atoms with E-state index in [-0.39, 0.29) is 6.09 Å². The molecular weight excluding hydrogens is 312 g/mol. The maximum atomic E-state index is 12.1. The molecule has 1 aliphatic heterocycles. The van der Waals surface area contributed by atoms with Gasteiger partial charge in [0, 0.05) is 30.7 Å². The Kier molecular flexibility index (Phi) is 4.32. The van der Waals surface area contributed by atoms with Gasteiger partial charge in [0.25, 0.3) is 0 Å². The van der Waals surface area contributed by atoms with Crippen molar-refractivity contribution in [1.82, 2.24) is 10.2 Å². The Balaban J connectivity index is 1.46. The van der Waals surface area contributed by atoms with Gasteiger partial charge in [-0.05, 0) is 62.8 Å². The molecule has 4 nitrogen and oxygen atoms in total. The highest BCUT2D eigenvalue weighted by Crippen LogP contribution is 2.46. The monoisotopic (exact) mass is 336 g/mol. The molecule has 0 bridgehead atoms. The highest BCUT2D eigenvalue weighted by molar-refractivity contribution is 6.30. The van der Waals surface area contributed by atoms with Crippen molar-refractivity contribution in [3.63, 3.8) is 0 Å². The Hall–Kier alpha value is -1.26. The van der Waals surface area contributed by atoms with Crippen molar-refractivity contribution >= 4 is 17.7 Å². The number of carbonyl (C=O) groups is 1. The highest BCUT2D eigenvalue weighted by atomic mass is 35.5. The predicted octanol–water partition coefficient (Wildman–Crippen LogP) is 3.60. The number of hydrogen-bond donors (Lipinski definition) is 1. The molecule has 1 aromatic rings. The molecule has 2 fully saturated rings. The van der Waals surface area contributed by atoms with Crippen molar-refractivity contribution in [2.75, 3.05) is 13.1 Å². The minimum atomic E-state index is -0.423. The van der Waals surface area contributed by atoms with Crippen molar-refractivity contribution in [2.24, 2.45) is 11.8 Å². The van der Waals surface area contributed by atoms with Crippen LogP contribution < -0.4 is 5.32 Å². The summed E-state index contributed by atoms with van der Waals surface area (Å²) in [5.74, 6) is 1.13. The summed E-state index contributed by atoms with van der Waals surface area (Å²) in [7, 11) is 0. The number of halogens is 1. The molecule has 0 spiro atoms. The highest BCUT2D eigenvalue weighted by Gasteiger charge is 2.56. The number of amides is 1. The lowest BCUT2D eigenvalue weighted by Crippen LogP contribution is -2.39. The molecule has 1 N–H and O–H groups in total. The van der Waals surface area contributed by atoms with E-state index in [4.69, 9.17) is 16.3 Å². The third kappa shape index (κ3) is 3.81. The van der Waals surface area contributed by atoms with Crippen LogP contribution >= 0.6 is 11.6 Å². The summed E-state index contributed by atoms with van der Waals surface area (Å²) in [4.78, 5) is 13.9. The van der Waals surface area contributed by atoms with E-state index < -0.39 is 5.60 Å². The van der Waals surface area contributed by atoms with Crippen LogP contribution in [0.2, 0.25) is 5.02 Å². The lowest BCUT2D eigenvalue weighted by Gasteiger charge is -2.26. The maximum absolute atomic E-state index is 12.1. The lowest BCUT2D eigenvalue weighted by molar-refractivity contribution is 0.0269. The number of hydrogen-bond acceptors (Lipinski definition) is 3. The summed E-state index contributed by atoms with van der Waals surface area (Å²) in [6.45, 7) is 10.3. The van der Waals surface area contributed by atoms with E-state index in [0.717, 1.165) is 24.7 Å². The molecule has 23 heavy (non-hydrogen) atoms. The SMILES string of the molecule is Cc1cc(Cl)ccc1CNC1C2CN(C(=O)OC(C)(C)C)CC21. The van der Waals surface area contributed by atoms with Crippen LogP contribution in [0.3, 0.4) is 0 Å². The fourth-order valence-corrected chi connectivity index (χ4v) is 3.62. The number of rotatable bonds is 3. The summed E-state index contributed by atoms with van der Waals surface area (Å²) in [5, 5.41) is 4.40. The predicted molar refractivity (Wildman–Crippen MR) is 91.6 cm³/mol. The van der Waals surface area contributed by atoms with E-state index in [2.05, 4.69) is 18.3 Å². The normalized spacial score (nSPS) is 26.1. The maximum Gasteiger partial charge on any atom is 0.410 e. The zero-order chi connectivity index (χ0) is 16.8. The molecule has 0 aromatic heterocycles. The van der Waals surface area contributed by atoms with Gasteiger partial charge in [0.1, 0.15) is 5.60 Å². The molecule has 1 saturated heterocycles. The third-order valence-corrected chi connectivity index (χ3v) is 4.91. The summed E-state index contributed by atoms with van der Waals surface area (Å²) >= 11 is 5.99. The van der Waals surface area contributed by atoms with Gasteiger partial charge in [0.2, 0.25) is 0 Å². The van der Waals surface area contributed by atoms with Crippen LogP contribution in [0.15, 0.2) is 18.2 Å². The molecule has 2 unspecified atom stereocenters. The van der Waals surface area contributed by atoms with Gasteiger partial charge in [-0.1, -0.05) is 17.7 Å². The van der Waals surface area contributed by atoms with Crippen molar-refractivity contribution < 1.29 is 9.53 Å². The number of benzene rings is 1. The smallest absolute Gasteiger partial charge is 0.410 e. The van der Waals surface area contributed by atoms with E-state index >= 15 is 0 Å². The second-order valence-electron chi connectivity index (χ2n) is 7.69. The molecule has 2 aliphatic rings. The number of nitrogens with zero attached hydrogens (tertiary/aromatic N) is 1. The summed E-state index contributed by atoms with van der Waals surface area (Å²) in [6, 6.07) is 6.53. The summed E-state index contributed by atoms with van der Waals surface area (Å²) < 4.78 is 5.44. The molecule has 1 aromatic carbocycles. The fraction of sp³-hybridized carbons (Fsp3) is 0.611. The van der Waals surface area contributed by atoms with Crippen molar-refractivity contribution in [3.05, 3.63) is 34.3 Å². The molecule has 1 heterocycles. The molecule has 1 aliphatic carbocycles. The molecule has 126 valence electrons. The van der Waals surface area contributed by atoms with E-state index in [9.17, 15) is 4.79 Å². The topological polar surface area (TPSA) is 41.6 Å². The Morgan fingerprint density at radius 1 is 1.35 bits per heavy atom. The quantitative estimate of drug-likeness (QED) is 0.917. The average molecular weight is 337 g/mol. The van der Waals surface area contributed by atoms with E-state index in [1.807, 2.05) is 37.8 Å². The van der Waals surface area contributed by atoms with Gasteiger partial charge in [0.15, 0.2) is 0 Å². The Morgan fingerprint density at radius 2 is 2.00 bits per heavy atom. The van der Waals surface area contributed by atoms with Gasteiger partial charge in [0.05, 0.1) is 0 Å². The van der Waals surface area contributed by atoms with Crippen LogP contribution in [-0.4, -0.2) is 35.7 Å². The van der Waals surface area contributed by atoms with E-state index in [1.165, 1.54) is 11.1 Å². The number of fused-ring (bicyclic) bond motifs is 1. The first-order chi connectivity index (χ1) is 10.7. The Morgan fingerprint density at radius 3 is 2.57 bits per heavy atom. The van der Waals surface area contributed by atoms with Crippen molar-refractivity contribution in [3.8, 4) is 0 Å². The third-order valence-electron chi connectivity index (χ3n) is 4.68. The van der Waals surface area contributed by atoms with Crippen LogP contribution in [0.1, 0.15) is 31.9 Å². The summed E-state index contributed by atoms with van der Waals surface area (Å²) in [5.41, 5.74) is 2.07. The van der Waals surface area contributed by atoms with Crippen molar-refractivity contribution in [1.29, 1.82) is 0 Å². The fourth-order valence-electron chi connectivity index (χ4n) is 3.39. The second kappa shape index (κ2) is 5.99. The van der Waals surface area contributed by atoms with Gasteiger partial charge in [-0.25, -0.2) is 4.79 Å². The van der Waals surface area contributed by atoms with Gasteiger partial charge >= 0.3 is 6.09 Å². The first kappa shape index (κ1) is 16.6. The molecule has 1 amide bonds. The number of carbonyl (C=O) groups excluding carboxylic acids is 1. The van der Waals surface area contributed by atoms with Crippen LogP contribution in [-0.2, 0) is 11.3 Å². The Labute approximate surface area is 143 Å². The minimum Gasteiger partial charge on any atom is -0.444 e. The number of aryl methyl sites for hydroxylation is 1. The summed E-state index contributed by atoms with van der Waals surface area (Å²) in [6.07, 6.45) is -0.183. The number of ether oxygens (including phenoxy) is 1. The van der Waals surface area contributed by atoms with Gasteiger partial charge in [-0.15, -0.1) is 0 Å².